The topological polar surface area (TPSA) is 116 Å². The Hall–Kier alpha value is -1.03. The minimum Gasteiger partial charge on any atom is -0.416 e. The van der Waals surface area contributed by atoms with Crippen LogP contribution < -0.4 is 0 Å². The molecule has 0 fully saturated rings. The molecule has 0 aromatic heterocycles. The van der Waals surface area contributed by atoms with E-state index in [1.165, 1.54) is 0 Å². The van der Waals surface area contributed by atoms with Crippen LogP contribution in [0.15, 0.2) is 10.2 Å². The number of azide groups is 2. The summed E-state index contributed by atoms with van der Waals surface area (Å²) in [6.45, 7) is 21.9. The average Bonchev–Trinajstić information content (AvgIpc) is 2.45. The first kappa shape index (κ1) is 25.0. The van der Waals surface area contributed by atoms with Crippen LogP contribution in [0.3, 0.4) is 0 Å². The van der Waals surface area contributed by atoms with Crippen molar-refractivity contribution in [1.29, 1.82) is 0 Å². The van der Waals surface area contributed by atoms with E-state index < -0.39 is 28.7 Å². The molecule has 0 aliphatic carbocycles. The van der Waals surface area contributed by atoms with Gasteiger partial charge in [0.25, 0.3) is 0 Å². The maximum absolute atomic E-state index is 8.95. The van der Waals surface area contributed by atoms with E-state index in [1.54, 1.807) is 0 Å². The lowest BCUT2D eigenvalue weighted by molar-refractivity contribution is 0.202. The van der Waals surface area contributed by atoms with Gasteiger partial charge < -0.3 is 8.85 Å². The molecule has 0 aliphatic heterocycles. The Labute approximate surface area is 160 Å². The van der Waals surface area contributed by atoms with E-state index in [2.05, 4.69) is 87.8 Å². The van der Waals surface area contributed by atoms with Gasteiger partial charge in [-0.05, 0) is 47.3 Å². The van der Waals surface area contributed by atoms with E-state index in [0.29, 0.717) is 0 Å². The molecular formula is C16H36N6O2Si2. The highest BCUT2D eigenvalue weighted by Crippen LogP contribution is 2.38. The minimum absolute atomic E-state index is 0.0412. The quantitative estimate of drug-likeness (QED) is 0.193. The van der Waals surface area contributed by atoms with E-state index in [4.69, 9.17) is 19.9 Å². The summed E-state index contributed by atoms with van der Waals surface area (Å²) in [5, 5.41) is 7.76. The molecule has 0 heterocycles. The molecule has 0 amide bonds. The van der Waals surface area contributed by atoms with E-state index in [0.717, 1.165) is 0 Å². The largest absolute Gasteiger partial charge is 0.416 e. The second-order valence-corrected chi connectivity index (χ2v) is 19.3. The minimum atomic E-state index is -2.01. The zero-order valence-electron chi connectivity index (χ0n) is 18.1. The molecule has 0 aromatic carbocycles. The summed E-state index contributed by atoms with van der Waals surface area (Å²) in [7, 11) is -4.01. The molecule has 0 aromatic rings. The van der Waals surface area contributed by atoms with Crippen LogP contribution in [-0.4, -0.2) is 41.9 Å². The lowest BCUT2D eigenvalue weighted by Crippen LogP contribution is -2.46. The summed E-state index contributed by atoms with van der Waals surface area (Å²) in [6.07, 6.45) is 0. The van der Waals surface area contributed by atoms with Crippen LogP contribution >= 0.6 is 0 Å². The van der Waals surface area contributed by atoms with Gasteiger partial charge in [-0.15, -0.1) is 0 Å². The lowest BCUT2D eigenvalue weighted by atomic mass is 10.2. The molecule has 0 aliphatic rings. The van der Waals surface area contributed by atoms with Gasteiger partial charge in [0.1, 0.15) is 0 Å². The molecule has 0 rings (SSSR count). The van der Waals surface area contributed by atoms with Gasteiger partial charge >= 0.3 is 0 Å². The van der Waals surface area contributed by atoms with Crippen molar-refractivity contribution in [2.45, 2.75) is 89.9 Å². The van der Waals surface area contributed by atoms with Crippen LogP contribution in [-0.2, 0) is 8.85 Å². The summed E-state index contributed by atoms with van der Waals surface area (Å²) < 4.78 is 12.4. The third-order valence-electron chi connectivity index (χ3n) is 5.69. The van der Waals surface area contributed by atoms with Crippen LogP contribution in [0.2, 0.25) is 36.3 Å². The number of nitrogens with zero attached hydrogens (tertiary/aromatic N) is 6. The molecule has 0 spiro atoms. The van der Waals surface area contributed by atoms with E-state index >= 15 is 0 Å². The van der Waals surface area contributed by atoms with Gasteiger partial charge in [-0.3, -0.25) is 0 Å². The maximum atomic E-state index is 8.95. The van der Waals surface area contributed by atoms with Crippen LogP contribution in [0.25, 0.3) is 20.9 Å². The Morgan fingerprint density at radius 3 is 1.19 bits per heavy atom. The van der Waals surface area contributed by atoms with Crippen molar-refractivity contribution in [2.24, 2.45) is 10.2 Å². The first-order valence-corrected chi connectivity index (χ1v) is 14.8. The molecule has 26 heavy (non-hydrogen) atoms. The van der Waals surface area contributed by atoms with Gasteiger partial charge in [0.05, 0.1) is 12.1 Å². The highest BCUT2D eigenvalue weighted by Gasteiger charge is 2.40. The average molecular weight is 401 g/mol. The van der Waals surface area contributed by atoms with Crippen molar-refractivity contribution in [3.63, 3.8) is 0 Å². The van der Waals surface area contributed by atoms with Crippen molar-refractivity contribution < 1.29 is 8.85 Å². The predicted octanol–water partition coefficient (Wildman–Crippen LogP) is 6.39. The fourth-order valence-electron chi connectivity index (χ4n) is 1.60. The van der Waals surface area contributed by atoms with Crippen LogP contribution in [0.1, 0.15) is 41.5 Å². The predicted molar refractivity (Wildman–Crippen MR) is 112 cm³/mol. The van der Waals surface area contributed by atoms with Crippen LogP contribution in [0.4, 0.5) is 0 Å². The van der Waals surface area contributed by atoms with Gasteiger partial charge in [-0.2, -0.15) is 0 Å². The molecule has 0 unspecified atom stereocenters. The Bertz CT molecular complexity index is 506. The van der Waals surface area contributed by atoms with Crippen molar-refractivity contribution in [2.75, 3.05) is 13.2 Å². The van der Waals surface area contributed by atoms with Crippen molar-refractivity contribution >= 4 is 16.6 Å². The van der Waals surface area contributed by atoms with Crippen molar-refractivity contribution in [1.82, 2.24) is 0 Å². The second-order valence-electron chi connectivity index (χ2n) is 9.69. The fraction of sp³-hybridized carbons (Fsp3) is 1.00. The van der Waals surface area contributed by atoms with Gasteiger partial charge in [0, 0.05) is 23.0 Å². The third-order valence-corrected chi connectivity index (χ3v) is 14.7. The number of hydrogen-bond donors (Lipinski definition) is 0. The molecule has 8 nitrogen and oxygen atoms in total. The third kappa shape index (κ3) is 7.30. The normalized spacial score (nSPS) is 15.6. The van der Waals surface area contributed by atoms with Gasteiger partial charge in [-0.1, -0.05) is 51.8 Å². The molecule has 2 atom stereocenters. The molecule has 0 bridgehead atoms. The first-order valence-electron chi connectivity index (χ1n) is 8.95. The Morgan fingerprint density at radius 2 is 1.00 bits per heavy atom. The summed E-state index contributed by atoms with van der Waals surface area (Å²) >= 11 is 0. The second kappa shape index (κ2) is 9.26. The molecule has 10 heteroatoms. The monoisotopic (exact) mass is 400 g/mol. The zero-order chi connectivity index (χ0) is 20.8. The zero-order valence-corrected chi connectivity index (χ0v) is 20.1. The molecule has 0 radical (unpaired) electrons. The lowest BCUT2D eigenvalue weighted by Gasteiger charge is -2.39. The maximum Gasteiger partial charge on any atom is 0.191 e. The fourth-order valence-corrected chi connectivity index (χ4v) is 3.64. The highest BCUT2D eigenvalue weighted by atomic mass is 28.4. The molecule has 0 saturated carbocycles. The SMILES string of the molecule is CC(C)(C)[Si](C)(C)OC[C@@H](N=[N+]=[N-])[C@@H](CO[Si](C)(C)C(C)(C)C)N=[N+]=[N-]. The standard InChI is InChI=1S/C16H36N6O2Si2/c1-15(2,3)25(7,8)23-11-13(19-21-17)14(20-22-18)12-24-26(9,10)16(4,5)6/h13-14H,11-12H2,1-10H3/t13-,14-/m1/s1. The van der Waals surface area contributed by atoms with E-state index in [1.807, 2.05) is 0 Å². The Balaban J connectivity index is 5.31. The summed E-state index contributed by atoms with van der Waals surface area (Å²) in [6, 6.07) is -1.18. The molecule has 150 valence electrons. The van der Waals surface area contributed by atoms with Gasteiger partial charge in [-0.25, -0.2) is 0 Å². The molecular weight excluding hydrogens is 364 g/mol. The van der Waals surface area contributed by atoms with Gasteiger partial charge in [0.2, 0.25) is 0 Å². The van der Waals surface area contributed by atoms with E-state index in [-0.39, 0.29) is 23.3 Å². The van der Waals surface area contributed by atoms with Crippen LogP contribution in [0.5, 0.6) is 0 Å². The highest BCUT2D eigenvalue weighted by molar-refractivity contribution is 6.74. The summed E-state index contributed by atoms with van der Waals surface area (Å²) in [5.41, 5.74) is 17.9. The smallest absolute Gasteiger partial charge is 0.191 e. The number of rotatable bonds is 9. The first-order chi connectivity index (χ1) is 11.6. The summed E-state index contributed by atoms with van der Waals surface area (Å²) in [5.74, 6) is 0. The Kier molecular flexibility index (Phi) is 8.89. The molecule has 0 saturated heterocycles. The van der Waals surface area contributed by atoms with Crippen LogP contribution in [0, 0.1) is 0 Å². The van der Waals surface area contributed by atoms with Gasteiger partial charge in [0.15, 0.2) is 16.6 Å². The number of hydrogen-bond acceptors (Lipinski definition) is 4. The summed E-state index contributed by atoms with van der Waals surface area (Å²) in [4.78, 5) is 5.86. The Morgan fingerprint density at radius 1 is 0.731 bits per heavy atom. The van der Waals surface area contributed by atoms with E-state index in [9.17, 15) is 0 Å². The van der Waals surface area contributed by atoms with Crippen molar-refractivity contribution in [3.05, 3.63) is 20.9 Å². The van der Waals surface area contributed by atoms with Crippen molar-refractivity contribution in [3.8, 4) is 0 Å². The molecule has 0 N–H and O–H groups in total.